The third-order valence-corrected chi connectivity index (χ3v) is 9.22. The number of benzene rings is 2. The molecule has 2 N–H and O–H groups in total. The largest absolute Gasteiger partial charge is 0.497 e. The Morgan fingerprint density at radius 3 is 2.49 bits per heavy atom. The third-order valence-electron chi connectivity index (χ3n) is 7.38. The minimum absolute atomic E-state index is 0.0244. The molecule has 0 radical (unpaired) electrons. The second-order valence-electron chi connectivity index (χ2n) is 10.8. The van der Waals surface area contributed by atoms with Crippen molar-refractivity contribution in [3.8, 4) is 5.75 Å². The molecule has 0 saturated carbocycles. The van der Waals surface area contributed by atoms with Crippen molar-refractivity contribution < 1.29 is 32.5 Å². The van der Waals surface area contributed by atoms with Crippen LogP contribution in [0.4, 0.5) is 0 Å². The summed E-state index contributed by atoms with van der Waals surface area (Å²) in [5, 5.41) is 14.4. The van der Waals surface area contributed by atoms with Gasteiger partial charge in [-0.1, -0.05) is 44.2 Å². The van der Waals surface area contributed by atoms with Crippen LogP contribution in [-0.2, 0) is 30.7 Å². The molecule has 0 unspecified atom stereocenters. The summed E-state index contributed by atoms with van der Waals surface area (Å²) in [6, 6.07) is 15.1. The summed E-state index contributed by atoms with van der Waals surface area (Å²) >= 11 is 0. The number of nitrogens with zero attached hydrogens (tertiary/aromatic N) is 1. The van der Waals surface area contributed by atoms with Crippen LogP contribution in [0, 0.1) is 17.8 Å². The van der Waals surface area contributed by atoms with Gasteiger partial charge in [0, 0.05) is 25.4 Å². The molecular formula is C29H40N2O7S. The highest BCUT2D eigenvalue weighted by molar-refractivity contribution is 7.89. The molecule has 214 valence electrons. The van der Waals surface area contributed by atoms with E-state index in [1.165, 1.54) is 23.5 Å². The van der Waals surface area contributed by atoms with Crippen molar-refractivity contribution in [2.24, 2.45) is 17.8 Å². The summed E-state index contributed by atoms with van der Waals surface area (Å²) in [6.45, 7) is 5.02. The fourth-order valence-corrected chi connectivity index (χ4v) is 6.95. The molecule has 2 fully saturated rings. The fraction of sp³-hybridized carbons (Fsp3) is 0.552. The van der Waals surface area contributed by atoms with Crippen LogP contribution in [0.5, 0.6) is 5.75 Å². The van der Waals surface area contributed by atoms with Gasteiger partial charge >= 0.3 is 0 Å². The van der Waals surface area contributed by atoms with E-state index in [4.69, 9.17) is 14.2 Å². The molecule has 9 nitrogen and oxygen atoms in total. The molecule has 0 bridgehead atoms. The SMILES string of the molecule is COc1ccc(S(=O)(=O)N(CC(C)C)C[C@@H](O)[C@H](Cc2ccccc2)NC(=O)C[C@H]2CO[C@H]3OCC[C@@H]23)cc1. The summed E-state index contributed by atoms with van der Waals surface area (Å²) in [5.74, 6) is 0.642. The highest BCUT2D eigenvalue weighted by atomic mass is 32.2. The molecule has 0 spiro atoms. The number of carbonyl (C=O) groups excluding carboxylic acids is 1. The highest BCUT2D eigenvalue weighted by Crippen LogP contribution is 2.37. The third kappa shape index (κ3) is 7.58. The molecule has 2 aliphatic heterocycles. The molecule has 2 aromatic rings. The van der Waals surface area contributed by atoms with Gasteiger partial charge in [0.15, 0.2) is 6.29 Å². The zero-order valence-electron chi connectivity index (χ0n) is 22.9. The van der Waals surface area contributed by atoms with E-state index in [0.29, 0.717) is 25.4 Å². The first-order valence-corrected chi connectivity index (χ1v) is 15.0. The molecule has 0 aliphatic carbocycles. The lowest BCUT2D eigenvalue weighted by molar-refractivity contribution is -0.124. The number of rotatable bonds is 13. The lowest BCUT2D eigenvalue weighted by Crippen LogP contribution is -2.51. The lowest BCUT2D eigenvalue weighted by Gasteiger charge is -2.31. The average Bonchev–Trinajstić information content (AvgIpc) is 3.53. The van der Waals surface area contributed by atoms with Gasteiger partial charge in [0.1, 0.15) is 5.75 Å². The first-order chi connectivity index (χ1) is 18.7. The van der Waals surface area contributed by atoms with Crippen LogP contribution in [0.1, 0.15) is 32.3 Å². The average molecular weight is 561 g/mol. The van der Waals surface area contributed by atoms with E-state index < -0.39 is 22.2 Å². The van der Waals surface area contributed by atoms with Gasteiger partial charge in [0.25, 0.3) is 0 Å². The minimum atomic E-state index is -3.90. The summed E-state index contributed by atoms with van der Waals surface area (Å²) in [6.07, 6.45) is 0.126. The molecule has 5 atom stereocenters. The van der Waals surface area contributed by atoms with Gasteiger partial charge in [-0.15, -0.1) is 0 Å². The maximum atomic E-state index is 13.6. The number of amides is 1. The zero-order valence-corrected chi connectivity index (χ0v) is 23.7. The summed E-state index contributed by atoms with van der Waals surface area (Å²) in [5.41, 5.74) is 0.934. The van der Waals surface area contributed by atoms with Crippen LogP contribution in [0.25, 0.3) is 0 Å². The Hall–Kier alpha value is -2.50. The van der Waals surface area contributed by atoms with Crippen molar-refractivity contribution in [2.45, 2.75) is 56.4 Å². The number of hydrogen-bond acceptors (Lipinski definition) is 7. The predicted octanol–water partition coefficient (Wildman–Crippen LogP) is 2.83. The van der Waals surface area contributed by atoms with E-state index in [0.717, 1.165) is 12.0 Å². The van der Waals surface area contributed by atoms with Crippen LogP contribution in [0.3, 0.4) is 0 Å². The molecule has 2 aromatic carbocycles. The van der Waals surface area contributed by atoms with Crippen LogP contribution in [0.15, 0.2) is 59.5 Å². The van der Waals surface area contributed by atoms with E-state index in [-0.39, 0.29) is 54.4 Å². The van der Waals surface area contributed by atoms with Crippen molar-refractivity contribution in [1.82, 2.24) is 9.62 Å². The molecular weight excluding hydrogens is 520 g/mol. The monoisotopic (exact) mass is 560 g/mol. The van der Waals surface area contributed by atoms with E-state index >= 15 is 0 Å². The second-order valence-corrected chi connectivity index (χ2v) is 12.7. The number of aliphatic hydroxyl groups excluding tert-OH is 1. The topological polar surface area (TPSA) is 114 Å². The Labute approximate surface area is 231 Å². The molecule has 2 aliphatic rings. The van der Waals surface area contributed by atoms with Gasteiger partial charge in [-0.2, -0.15) is 4.31 Å². The van der Waals surface area contributed by atoms with Gasteiger partial charge in [-0.3, -0.25) is 4.79 Å². The minimum Gasteiger partial charge on any atom is -0.497 e. The normalized spacial score (nSPS) is 22.6. The molecule has 4 rings (SSSR count). The van der Waals surface area contributed by atoms with Gasteiger partial charge in [0.2, 0.25) is 15.9 Å². The van der Waals surface area contributed by atoms with Gasteiger partial charge < -0.3 is 24.6 Å². The first kappa shape index (κ1) is 29.5. The summed E-state index contributed by atoms with van der Waals surface area (Å²) in [7, 11) is -2.39. The summed E-state index contributed by atoms with van der Waals surface area (Å²) < 4.78 is 44.9. The molecule has 1 amide bonds. The molecule has 2 saturated heterocycles. The van der Waals surface area contributed by atoms with Crippen LogP contribution < -0.4 is 10.1 Å². The Balaban J connectivity index is 1.51. The predicted molar refractivity (Wildman–Crippen MR) is 147 cm³/mol. The van der Waals surface area contributed by atoms with Crippen molar-refractivity contribution in [2.75, 3.05) is 33.4 Å². The Morgan fingerprint density at radius 2 is 1.82 bits per heavy atom. The van der Waals surface area contributed by atoms with E-state index in [2.05, 4.69) is 5.32 Å². The van der Waals surface area contributed by atoms with Gasteiger partial charge in [0.05, 0.1) is 37.4 Å². The number of carbonyl (C=O) groups is 1. The maximum absolute atomic E-state index is 13.6. The Morgan fingerprint density at radius 1 is 1.10 bits per heavy atom. The number of fused-ring (bicyclic) bond motifs is 1. The number of aliphatic hydroxyl groups is 1. The maximum Gasteiger partial charge on any atom is 0.243 e. The van der Waals surface area contributed by atoms with E-state index in [1.807, 2.05) is 44.2 Å². The fourth-order valence-electron chi connectivity index (χ4n) is 5.33. The molecule has 2 heterocycles. The standard InChI is InChI=1S/C29H40N2O7S/c1-20(2)17-31(39(34,35)24-11-9-23(36-3)10-12-24)18-27(32)26(15-21-7-5-4-6-8-21)30-28(33)16-22-19-38-29-25(22)13-14-37-29/h4-12,20,22,25-27,29,32H,13-19H2,1-3H3,(H,30,33)/t22-,25-,26-,27+,29+/m0/s1. The molecule has 0 aromatic heterocycles. The van der Waals surface area contributed by atoms with Crippen LogP contribution >= 0.6 is 0 Å². The Kier molecular flexibility index (Phi) is 10.0. The van der Waals surface area contributed by atoms with Crippen molar-refractivity contribution in [1.29, 1.82) is 0 Å². The zero-order chi connectivity index (χ0) is 28.0. The number of methoxy groups -OCH3 is 1. The molecule has 39 heavy (non-hydrogen) atoms. The van der Waals surface area contributed by atoms with Crippen molar-refractivity contribution in [3.05, 3.63) is 60.2 Å². The van der Waals surface area contributed by atoms with E-state index in [9.17, 15) is 18.3 Å². The van der Waals surface area contributed by atoms with E-state index in [1.54, 1.807) is 12.1 Å². The van der Waals surface area contributed by atoms with Crippen LogP contribution in [0.2, 0.25) is 0 Å². The summed E-state index contributed by atoms with van der Waals surface area (Å²) in [4.78, 5) is 13.3. The Bertz CT molecular complexity index is 1170. The molecule has 10 heteroatoms. The smallest absolute Gasteiger partial charge is 0.243 e. The van der Waals surface area contributed by atoms with Crippen molar-refractivity contribution in [3.63, 3.8) is 0 Å². The van der Waals surface area contributed by atoms with Gasteiger partial charge in [-0.05, 0) is 54.5 Å². The second kappa shape index (κ2) is 13.2. The highest BCUT2D eigenvalue weighted by Gasteiger charge is 2.42. The number of sulfonamides is 1. The lowest BCUT2D eigenvalue weighted by atomic mass is 9.90. The number of hydrogen-bond donors (Lipinski definition) is 2. The quantitative estimate of drug-likeness (QED) is 0.387. The number of ether oxygens (including phenoxy) is 3. The number of nitrogens with one attached hydrogen (secondary N) is 1. The van der Waals surface area contributed by atoms with Crippen molar-refractivity contribution >= 4 is 15.9 Å². The first-order valence-electron chi connectivity index (χ1n) is 13.6. The van der Waals surface area contributed by atoms with Gasteiger partial charge in [-0.25, -0.2) is 8.42 Å². The van der Waals surface area contributed by atoms with Crippen LogP contribution in [-0.4, -0.2) is 75.6 Å².